The summed E-state index contributed by atoms with van der Waals surface area (Å²) in [5.74, 6) is 0.569. The van der Waals surface area contributed by atoms with Crippen molar-refractivity contribution in [3.05, 3.63) is 23.8 Å². The van der Waals surface area contributed by atoms with Gasteiger partial charge in [0, 0.05) is 0 Å². The highest BCUT2D eigenvalue weighted by molar-refractivity contribution is 5.41. The normalized spacial score (nSPS) is 13.7. The van der Waals surface area contributed by atoms with Crippen LogP contribution in [0.5, 0.6) is 11.5 Å². The number of unbranched alkanes of at least 4 members (excludes halogenated alkanes) is 4. The molecular weight excluding hydrogens is 292 g/mol. The highest BCUT2D eigenvalue weighted by Crippen LogP contribution is 2.27. The van der Waals surface area contributed by atoms with E-state index in [4.69, 9.17) is 4.74 Å². The molecule has 1 aromatic carbocycles. The van der Waals surface area contributed by atoms with E-state index in [0.717, 1.165) is 24.8 Å². The molecule has 0 fully saturated rings. The summed E-state index contributed by atoms with van der Waals surface area (Å²) in [6.07, 6.45) is 7.49. The number of aliphatic hydroxyl groups excluding tert-OH is 2. The van der Waals surface area contributed by atoms with Crippen LogP contribution in [-0.4, -0.2) is 34.6 Å². The van der Waals surface area contributed by atoms with Crippen LogP contribution in [0.3, 0.4) is 0 Å². The van der Waals surface area contributed by atoms with Crippen molar-refractivity contribution in [2.24, 2.45) is 0 Å². The summed E-state index contributed by atoms with van der Waals surface area (Å²) in [5, 5.41) is 29.6. The van der Waals surface area contributed by atoms with Crippen molar-refractivity contribution in [3.8, 4) is 11.5 Å². The van der Waals surface area contributed by atoms with E-state index in [2.05, 4.69) is 6.92 Å². The van der Waals surface area contributed by atoms with Gasteiger partial charge in [-0.3, -0.25) is 0 Å². The van der Waals surface area contributed by atoms with E-state index in [0.29, 0.717) is 25.0 Å². The van der Waals surface area contributed by atoms with Gasteiger partial charge in [0.05, 0.1) is 19.3 Å². The molecule has 0 unspecified atom stereocenters. The van der Waals surface area contributed by atoms with Crippen molar-refractivity contribution in [2.75, 3.05) is 7.11 Å². The maximum atomic E-state index is 10.1. The molecule has 0 heterocycles. The quantitative estimate of drug-likeness (QED) is 0.511. The van der Waals surface area contributed by atoms with Crippen molar-refractivity contribution in [1.29, 1.82) is 0 Å². The number of hydrogen-bond donors (Lipinski definition) is 3. The molecular formula is C19H32O4. The molecule has 0 radical (unpaired) electrons. The Bertz CT molecular complexity index is 433. The van der Waals surface area contributed by atoms with Gasteiger partial charge in [-0.25, -0.2) is 0 Å². The number of phenols is 1. The van der Waals surface area contributed by atoms with E-state index in [1.165, 1.54) is 26.4 Å². The smallest absolute Gasteiger partial charge is 0.160 e. The van der Waals surface area contributed by atoms with Gasteiger partial charge < -0.3 is 20.1 Å². The van der Waals surface area contributed by atoms with E-state index < -0.39 is 12.2 Å². The minimum absolute atomic E-state index is 0.121. The molecule has 4 nitrogen and oxygen atoms in total. The molecule has 0 spiro atoms. The maximum absolute atomic E-state index is 10.1. The molecule has 0 aliphatic rings. The van der Waals surface area contributed by atoms with Gasteiger partial charge in [0.15, 0.2) is 11.5 Å². The Morgan fingerprint density at radius 2 is 1.70 bits per heavy atom. The second-order valence-corrected chi connectivity index (χ2v) is 6.29. The number of hydrogen-bond acceptors (Lipinski definition) is 4. The summed E-state index contributed by atoms with van der Waals surface area (Å²) in [6, 6.07) is 5.21. The van der Waals surface area contributed by atoms with Gasteiger partial charge in [-0.1, -0.05) is 45.1 Å². The fourth-order valence-corrected chi connectivity index (χ4v) is 2.74. The molecule has 0 bridgehead atoms. The number of aromatic hydroxyl groups is 1. The van der Waals surface area contributed by atoms with Crippen LogP contribution in [-0.2, 0) is 6.42 Å². The van der Waals surface area contributed by atoms with Gasteiger partial charge in [-0.2, -0.15) is 0 Å². The van der Waals surface area contributed by atoms with E-state index in [9.17, 15) is 15.3 Å². The first-order valence-electron chi connectivity index (χ1n) is 8.78. The fraction of sp³-hybridized carbons (Fsp3) is 0.684. The van der Waals surface area contributed by atoms with Crippen LogP contribution in [0.15, 0.2) is 18.2 Å². The third kappa shape index (κ3) is 8.24. The Morgan fingerprint density at radius 3 is 2.39 bits per heavy atom. The molecule has 0 saturated heterocycles. The molecule has 3 N–H and O–H groups in total. The number of rotatable bonds is 12. The molecule has 4 heteroatoms. The van der Waals surface area contributed by atoms with Gasteiger partial charge in [-0.15, -0.1) is 0 Å². The molecule has 0 aliphatic carbocycles. The lowest BCUT2D eigenvalue weighted by molar-refractivity contribution is 0.0697. The summed E-state index contributed by atoms with van der Waals surface area (Å²) in [6.45, 7) is 2.19. The Morgan fingerprint density at radius 1 is 1.00 bits per heavy atom. The number of phenolic OH excluding ortho intramolecular Hbond substituents is 1. The van der Waals surface area contributed by atoms with Crippen LogP contribution in [0.25, 0.3) is 0 Å². The third-order valence-corrected chi connectivity index (χ3v) is 4.20. The second kappa shape index (κ2) is 11.3. The molecule has 2 atom stereocenters. The van der Waals surface area contributed by atoms with E-state index in [-0.39, 0.29) is 5.75 Å². The standard InChI is InChI=1S/C19H32O4/c1-3-4-5-6-7-8-16(20)14-17(21)11-9-15-10-12-18(22)19(13-15)23-2/h10,12-13,16-17,20-22H,3-9,11,14H2,1-2H3/t16-,17+/m0/s1. The highest BCUT2D eigenvalue weighted by Gasteiger charge is 2.12. The SMILES string of the molecule is CCCCCCC[C@H](O)C[C@H](O)CCc1ccc(O)c(OC)c1. The van der Waals surface area contributed by atoms with Gasteiger partial charge >= 0.3 is 0 Å². The Labute approximate surface area is 140 Å². The van der Waals surface area contributed by atoms with Crippen LogP contribution in [0.2, 0.25) is 0 Å². The largest absolute Gasteiger partial charge is 0.504 e. The summed E-state index contributed by atoms with van der Waals surface area (Å²) in [7, 11) is 1.52. The van der Waals surface area contributed by atoms with Crippen LogP contribution < -0.4 is 4.74 Å². The Balaban J connectivity index is 2.24. The summed E-state index contributed by atoms with van der Waals surface area (Å²) >= 11 is 0. The number of methoxy groups -OCH3 is 1. The third-order valence-electron chi connectivity index (χ3n) is 4.20. The zero-order valence-corrected chi connectivity index (χ0v) is 14.5. The Kier molecular flexibility index (Phi) is 9.72. The predicted molar refractivity (Wildman–Crippen MR) is 93.0 cm³/mol. The fourth-order valence-electron chi connectivity index (χ4n) is 2.74. The average Bonchev–Trinajstić information content (AvgIpc) is 2.54. The van der Waals surface area contributed by atoms with E-state index >= 15 is 0 Å². The highest BCUT2D eigenvalue weighted by atomic mass is 16.5. The van der Waals surface area contributed by atoms with Gasteiger partial charge in [0.1, 0.15) is 0 Å². The first-order chi connectivity index (χ1) is 11.1. The lowest BCUT2D eigenvalue weighted by Crippen LogP contribution is -2.18. The minimum atomic E-state index is -0.500. The number of ether oxygens (including phenoxy) is 1. The molecule has 0 aromatic heterocycles. The van der Waals surface area contributed by atoms with Crippen molar-refractivity contribution < 1.29 is 20.1 Å². The molecule has 1 aromatic rings. The molecule has 0 aliphatic heterocycles. The maximum Gasteiger partial charge on any atom is 0.160 e. The van der Waals surface area contributed by atoms with Crippen molar-refractivity contribution in [3.63, 3.8) is 0 Å². The van der Waals surface area contributed by atoms with Crippen LogP contribution in [0.1, 0.15) is 63.9 Å². The van der Waals surface area contributed by atoms with Crippen molar-refractivity contribution in [2.45, 2.75) is 76.9 Å². The van der Waals surface area contributed by atoms with Crippen LogP contribution in [0.4, 0.5) is 0 Å². The summed E-state index contributed by atoms with van der Waals surface area (Å²) in [5.41, 5.74) is 1.01. The van der Waals surface area contributed by atoms with Gasteiger partial charge in [0.25, 0.3) is 0 Å². The minimum Gasteiger partial charge on any atom is -0.504 e. The zero-order valence-electron chi connectivity index (χ0n) is 14.5. The molecule has 0 saturated carbocycles. The number of benzene rings is 1. The molecule has 1 rings (SSSR count). The molecule has 0 amide bonds. The zero-order chi connectivity index (χ0) is 17.1. The molecule has 132 valence electrons. The van der Waals surface area contributed by atoms with Crippen molar-refractivity contribution >= 4 is 0 Å². The topological polar surface area (TPSA) is 69.9 Å². The van der Waals surface area contributed by atoms with Gasteiger partial charge in [-0.05, 0) is 43.4 Å². The van der Waals surface area contributed by atoms with E-state index in [1.807, 2.05) is 6.07 Å². The average molecular weight is 324 g/mol. The summed E-state index contributed by atoms with van der Waals surface area (Å²) in [4.78, 5) is 0. The van der Waals surface area contributed by atoms with E-state index in [1.54, 1.807) is 12.1 Å². The number of aryl methyl sites for hydroxylation is 1. The first-order valence-corrected chi connectivity index (χ1v) is 8.78. The lowest BCUT2D eigenvalue weighted by atomic mass is 9.99. The first kappa shape index (κ1) is 19.8. The summed E-state index contributed by atoms with van der Waals surface area (Å²) < 4.78 is 5.08. The van der Waals surface area contributed by atoms with Crippen LogP contribution in [0, 0.1) is 0 Å². The predicted octanol–water partition coefficient (Wildman–Crippen LogP) is 3.81. The van der Waals surface area contributed by atoms with Gasteiger partial charge in [0.2, 0.25) is 0 Å². The Hall–Kier alpha value is -1.26. The lowest BCUT2D eigenvalue weighted by Gasteiger charge is -2.16. The second-order valence-electron chi connectivity index (χ2n) is 6.29. The van der Waals surface area contributed by atoms with Crippen molar-refractivity contribution in [1.82, 2.24) is 0 Å². The van der Waals surface area contributed by atoms with Crippen LogP contribution >= 0.6 is 0 Å². The number of aliphatic hydroxyl groups is 2. The monoisotopic (exact) mass is 324 g/mol. The molecule has 23 heavy (non-hydrogen) atoms.